The Hall–Kier alpha value is -3.07. The maximum Gasteiger partial charge on any atom is 0.416 e. The quantitative estimate of drug-likeness (QED) is 0.476. The normalized spacial score (nSPS) is 13.6. The van der Waals surface area contributed by atoms with Crippen molar-refractivity contribution in [2.45, 2.75) is 25.6 Å². The summed E-state index contributed by atoms with van der Waals surface area (Å²) in [6, 6.07) is 10.1. The van der Waals surface area contributed by atoms with Crippen molar-refractivity contribution in [3.8, 4) is 22.1 Å². The molecule has 1 aromatic heterocycles. The molecule has 0 radical (unpaired) electrons. The highest BCUT2D eigenvalue weighted by molar-refractivity contribution is 7.13. The SMILES string of the molecule is COc1cc(-c2nc(C(=O)NCC3CC3)cs2)ccc1OCc1ccc(C(F)(F)F)cc1. The van der Waals surface area contributed by atoms with Crippen molar-refractivity contribution in [3.63, 3.8) is 0 Å². The molecule has 168 valence electrons. The Balaban J connectivity index is 1.42. The van der Waals surface area contributed by atoms with Crippen LogP contribution in [0.2, 0.25) is 0 Å². The van der Waals surface area contributed by atoms with Gasteiger partial charge in [-0.05, 0) is 54.7 Å². The number of carbonyl (C=O) groups excluding carboxylic acids is 1. The summed E-state index contributed by atoms with van der Waals surface area (Å²) in [5.41, 5.74) is 1.06. The van der Waals surface area contributed by atoms with E-state index in [1.807, 2.05) is 0 Å². The zero-order valence-electron chi connectivity index (χ0n) is 17.2. The second-order valence-electron chi connectivity index (χ2n) is 7.54. The number of nitrogens with one attached hydrogen (secondary N) is 1. The maximum atomic E-state index is 12.7. The highest BCUT2D eigenvalue weighted by Crippen LogP contribution is 2.35. The van der Waals surface area contributed by atoms with Crippen LogP contribution in [-0.4, -0.2) is 24.5 Å². The molecule has 1 amide bonds. The number of benzene rings is 2. The average Bonchev–Trinajstić information content (AvgIpc) is 3.49. The van der Waals surface area contributed by atoms with Gasteiger partial charge in [0.2, 0.25) is 0 Å². The summed E-state index contributed by atoms with van der Waals surface area (Å²) in [4.78, 5) is 16.6. The van der Waals surface area contributed by atoms with Gasteiger partial charge in [0, 0.05) is 17.5 Å². The number of ether oxygens (including phenoxy) is 2. The first kappa shape index (κ1) is 22.1. The van der Waals surface area contributed by atoms with E-state index in [1.54, 1.807) is 23.6 Å². The van der Waals surface area contributed by atoms with Gasteiger partial charge in [0.1, 0.15) is 17.3 Å². The van der Waals surface area contributed by atoms with Gasteiger partial charge in [0.05, 0.1) is 12.7 Å². The van der Waals surface area contributed by atoms with Crippen LogP contribution in [0.15, 0.2) is 47.8 Å². The lowest BCUT2D eigenvalue weighted by Gasteiger charge is -2.12. The molecule has 0 spiro atoms. The molecule has 0 atom stereocenters. The van der Waals surface area contributed by atoms with E-state index in [9.17, 15) is 18.0 Å². The molecular formula is C23H21F3N2O3S. The van der Waals surface area contributed by atoms with Crippen LogP contribution < -0.4 is 14.8 Å². The number of rotatable bonds is 8. The lowest BCUT2D eigenvalue weighted by molar-refractivity contribution is -0.137. The third-order valence-corrected chi connectivity index (χ3v) is 5.96. The summed E-state index contributed by atoms with van der Waals surface area (Å²) < 4.78 is 49.2. The lowest BCUT2D eigenvalue weighted by Crippen LogP contribution is -2.25. The van der Waals surface area contributed by atoms with E-state index in [1.165, 1.54) is 30.6 Å². The van der Waals surface area contributed by atoms with Gasteiger partial charge in [-0.15, -0.1) is 11.3 Å². The van der Waals surface area contributed by atoms with Crippen molar-refractivity contribution >= 4 is 17.2 Å². The average molecular weight is 462 g/mol. The molecule has 1 heterocycles. The largest absolute Gasteiger partial charge is 0.493 e. The molecule has 0 bridgehead atoms. The van der Waals surface area contributed by atoms with Crippen LogP contribution in [0.3, 0.4) is 0 Å². The number of carbonyl (C=O) groups is 1. The van der Waals surface area contributed by atoms with E-state index in [2.05, 4.69) is 10.3 Å². The maximum absolute atomic E-state index is 12.7. The number of halogens is 3. The Kier molecular flexibility index (Phi) is 6.36. The zero-order valence-corrected chi connectivity index (χ0v) is 18.1. The van der Waals surface area contributed by atoms with Gasteiger partial charge >= 0.3 is 6.18 Å². The summed E-state index contributed by atoms with van der Waals surface area (Å²) in [6.45, 7) is 0.779. The summed E-state index contributed by atoms with van der Waals surface area (Å²) >= 11 is 1.36. The Morgan fingerprint density at radius 3 is 2.56 bits per heavy atom. The molecule has 1 fully saturated rings. The Morgan fingerprint density at radius 1 is 1.16 bits per heavy atom. The van der Waals surface area contributed by atoms with Crippen LogP contribution in [0, 0.1) is 5.92 Å². The number of hydrogen-bond acceptors (Lipinski definition) is 5. The topological polar surface area (TPSA) is 60.5 Å². The molecule has 0 aliphatic heterocycles. The van der Waals surface area contributed by atoms with Crippen molar-refractivity contribution in [1.29, 1.82) is 0 Å². The molecule has 0 unspecified atom stereocenters. The van der Waals surface area contributed by atoms with Crippen molar-refractivity contribution in [2.75, 3.05) is 13.7 Å². The third kappa shape index (κ3) is 5.40. The van der Waals surface area contributed by atoms with E-state index in [0.717, 1.165) is 30.5 Å². The van der Waals surface area contributed by atoms with Gasteiger partial charge in [0.15, 0.2) is 11.5 Å². The fourth-order valence-corrected chi connectivity index (χ4v) is 3.83. The van der Waals surface area contributed by atoms with Crippen molar-refractivity contribution in [1.82, 2.24) is 10.3 Å². The molecule has 5 nitrogen and oxygen atoms in total. The van der Waals surface area contributed by atoms with Crippen LogP contribution in [0.5, 0.6) is 11.5 Å². The Bertz CT molecular complexity index is 1090. The number of methoxy groups -OCH3 is 1. The number of amides is 1. The number of thiazole rings is 1. The predicted octanol–water partition coefficient (Wildman–Crippen LogP) is 5.56. The van der Waals surface area contributed by atoms with Crippen LogP contribution in [-0.2, 0) is 12.8 Å². The molecule has 1 aliphatic carbocycles. The molecule has 2 aromatic carbocycles. The summed E-state index contributed by atoms with van der Waals surface area (Å²) in [7, 11) is 1.50. The number of nitrogens with zero attached hydrogens (tertiary/aromatic N) is 1. The predicted molar refractivity (Wildman–Crippen MR) is 115 cm³/mol. The van der Waals surface area contributed by atoms with Crippen molar-refractivity contribution in [2.24, 2.45) is 5.92 Å². The number of aromatic nitrogens is 1. The van der Waals surface area contributed by atoms with Gasteiger partial charge in [-0.3, -0.25) is 4.79 Å². The van der Waals surface area contributed by atoms with E-state index in [4.69, 9.17) is 9.47 Å². The van der Waals surface area contributed by atoms with Crippen LogP contribution in [0.25, 0.3) is 10.6 Å². The zero-order chi connectivity index (χ0) is 22.7. The van der Waals surface area contributed by atoms with Crippen LogP contribution in [0.4, 0.5) is 13.2 Å². The minimum atomic E-state index is -4.37. The van der Waals surface area contributed by atoms with E-state index < -0.39 is 11.7 Å². The molecular weight excluding hydrogens is 441 g/mol. The molecule has 4 rings (SSSR count). The monoisotopic (exact) mass is 462 g/mol. The molecule has 0 saturated heterocycles. The fourth-order valence-electron chi connectivity index (χ4n) is 3.03. The third-order valence-electron chi connectivity index (χ3n) is 5.07. The van der Waals surface area contributed by atoms with E-state index in [-0.39, 0.29) is 12.5 Å². The highest BCUT2D eigenvalue weighted by atomic mass is 32.1. The molecule has 1 N–H and O–H groups in total. The second kappa shape index (κ2) is 9.20. The smallest absolute Gasteiger partial charge is 0.416 e. The highest BCUT2D eigenvalue weighted by Gasteiger charge is 2.30. The molecule has 1 saturated carbocycles. The first-order valence-corrected chi connectivity index (χ1v) is 10.9. The minimum absolute atomic E-state index is 0.0937. The van der Waals surface area contributed by atoms with Gasteiger partial charge in [-0.1, -0.05) is 12.1 Å². The molecule has 3 aromatic rings. The molecule has 9 heteroatoms. The molecule has 1 aliphatic rings. The van der Waals surface area contributed by atoms with Gasteiger partial charge in [-0.25, -0.2) is 4.98 Å². The summed E-state index contributed by atoms with van der Waals surface area (Å²) in [5.74, 6) is 1.33. The lowest BCUT2D eigenvalue weighted by atomic mass is 10.1. The van der Waals surface area contributed by atoms with Crippen LogP contribution >= 0.6 is 11.3 Å². The minimum Gasteiger partial charge on any atom is -0.493 e. The first-order chi connectivity index (χ1) is 15.3. The van der Waals surface area contributed by atoms with Gasteiger partial charge < -0.3 is 14.8 Å². The fraction of sp³-hybridized carbons (Fsp3) is 0.304. The second-order valence-corrected chi connectivity index (χ2v) is 8.40. The Morgan fingerprint density at radius 2 is 1.91 bits per heavy atom. The number of alkyl halides is 3. The van der Waals surface area contributed by atoms with Crippen molar-refractivity contribution < 1.29 is 27.4 Å². The first-order valence-electron chi connectivity index (χ1n) is 10.0. The molecule has 32 heavy (non-hydrogen) atoms. The van der Waals surface area contributed by atoms with Crippen molar-refractivity contribution in [3.05, 3.63) is 64.7 Å². The van der Waals surface area contributed by atoms with Gasteiger partial charge in [0.25, 0.3) is 5.91 Å². The van der Waals surface area contributed by atoms with E-state index in [0.29, 0.717) is 40.2 Å². The standard InChI is InChI=1S/C23H21F3N2O3S/c1-30-20-10-16(22-28-18(13-32-22)21(29)27-11-14-2-3-14)6-9-19(20)31-12-15-4-7-17(8-5-15)23(24,25)26/h4-10,13-14H,2-3,11-12H2,1H3,(H,27,29). The van der Waals surface area contributed by atoms with Gasteiger partial charge in [-0.2, -0.15) is 13.2 Å². The summed E-state index contributed by atoms with van der Waals surface area (Å²) in [6.07, 6.45) is -2.04. The Labute approximate surface area is 187 Å². The number of hydrogen-bond donors (Lipinski definition) is 1. The summed E-state index contributed by atoms with van der Waals surface area (Å²) in [5, 5.41) is 5.30. The van der Waals surface area contributed by atoms with E-state index >= 15 is 0 Å². The van der Waals surface area contributed by atoms with Crippen LogP contribution in [0.1, 0.15) is 34.5 Å².